The Morgan fingerprint density at radius 2 is 2.14 bits per heavy atom. The summed E-state index contributed by atoms with van der Waals surface area (Å²) >= 11 is 5.93. The third-order valence-corrected chi connectivity index (χ3v) is 3.54. The molecule has 6 heteroatoms. The Bertz CT molecular complexity index is 480. The molecule has 118 valence electrons. The highest BCUT2D eigenvalue weighted by Gasteiger charge is 2.19. The Hall–Kier alpha value is -1.30. The molecule has 0 aromatic heterocycles. The maximum absolute atomic E-state index is 11.2. The SMILES string of the molecule is Cc1cc(OCC(O)CNC(C(N)=O)C(C)C)ccc1Cl. The number of ether oxygens (including phenoxy) is 1. The quantitative estimate of drug-likeness (QED) is 0.678. The Labute approximate surface area is 130 Å². The van der Waals surface area contributed by atoms with Crippen molar-refractivity contribution in [2.24, 2.45) is 11.7 Å². The number of primary amides is 1. The molecule has 21 heavy (non-hydrogen) atoms. The molecule has 0 heterocycles. The molecule has 0 spiro atoms. The first-order valence-electron chi connectivity index (χ1n) is 6.91. The molecule has 0 saturated heterocycles. The minimum atomic E-state index is -0.735. The molecule has 0 fully saturated rings. The van der Waals surface area contributed by atoms with Crippen LogP contribution in [0.2, 0.25) is 5.02 Å². The van der Waals surface area contributed by atoms with Crippen LogP contribution >= 0.6 is 11.6 Å². The van der Waals surface area contributed by atoms with Crippen LogP contribution < -0.4 is 15.8 Å². The van der Waals surface area contributed by atoms with Crippen molar-refractivity contribution in [2.75, 3.05) is 13.2 Å². The second kappa shape index (κ2) is 8.22. The van der Waals surface area contributed by atoms with Gasteiger partial charge in [-0.1, -0.05) is 25.4 Å². The minimum absolute atomic E-state index is 0.0644. The number of rotatable bonds is 8. The summed E-state index contributed by atoms with van der Waals surface area (Å²) in [5.74, 6) is 0.284. The second-order valence-electron chi connectivity index (χ2n) is 5.41. The van der Waals surface area contributed by atoms with Crippen LogP contribution in [-0.2, 0) is 4.79 Å². The second-order valence-corrected chi connectivity index (χ2v) is 5.82. The number of aryl methyl sites for hydroxylation is 1. The molecule has 0 bridgehead atoms. The molecule has 0 aliphatic heterocycles. The number of aliphatic hydroxyl groups is 1. The number of hydrogen-bond acceptors (Lipinski definition) is 4. The number of amides is 1. The number of nitrogens with two attached hydrogens (primary N) is 1. The molecule has 5 nitrogen and oxygen atoms in total. The molecular weight excluding hydrogens is 292 g/mol. The van der Waals surface area contributed by atoms with Crippen molar-refractivity contribution in [3.05, 3.63) is 28.8 Å². The van der Waals surface area contributed by atoms with Crippen molar-refractivity contribution in [3.8, 4) is 5.75 Å². The number of aliphatic hydroxyl groups excluding tert-OH is 1. The highest BCUT2D eigenvalue weighted by atomic mass is 35.5. The summed E-state index contributed by atoms with van der Waals surface area (Å²) in [5, 5.41) is 13.5. The summed E-state index contributed by atoms with van der Waals surface area (Å²) in [6.45, 7) is 6.02. The maximum Gasteiger partial charge on any atom is 0.234 e. The fourth-order valence-corrected chi connectivity index (χ4v) is 2.00. The number of hydrogen-bond donors (Lipinski definition) is 3. The lowest BCUT2D eigenvalue weighted by atomic mass is 10.0. The van der Waals surface area contributed by atoms with Gasteiger partial charge in [-0.05, 0) is 36.6 Å². The highest BCUT2D eigenvalue weighted by Crippen LogP contribution is 2.21. The monoisotopic (exact) mass is 314 g/mol. The van der Waals surface area contributed by atoms with Crippen molar-refractivity contribution in [2.45, 2.75) is 32.9 Å². The molecular formula is C15H23ClN2O3. The molecule has 1 rings (SSSR count). The molecule has 0 saturated carbocycles. The lowest BCUT2D eigenvalue weighted by molar-refractivity contribution is -0.121. The lowest BCUT2D eigenvalue weighted by Crippen LogP contribution is -2.48. The van der Waals surface area contributed by atoms with Crippen LogP contribution in [0, 0.1) is 12.8 Å². The zero-order chi connectivity index (χ0) is 16.0. The van der Waals surface area contributed by atoms with Crippen LogP contribution in [-0.4, -0.2) is 36.3 Å². The van der Waals surface area contributed by atoms with E-state index in [1.54, 1.807) is 12.1 Å². The maximum atomic E-state index is 11.2. The molecule has 2 unspecified atom stereocenters. The van der Waals surface area contributed by atoms with E-state index < -0.39 is 18.1 Å². The van der Waals surface area contributed by atoms with Gasteiger partial charge in [-0.3, -0.25) is 4.79 Å². The Kier molecular flexibility index (Phi) is 6.95. The molecule has 4 N–H and O–H groups in total. The number of carbonyl (C=O) groups is 1. The Morgan fingerprint density at radius 1 is 1.48 bits per heavy atom. The predicted octanol–water partition coefficient (Wildman–Crippen LogP) is 1.49. The number of benzene rings is 1. The van der Waals surface area contributed by atoms with E-state index in [1.165, 1.54) is 0 Å². The largest absolute Gasteiger partial charge is 0.491 e. The summed E-state index contributed by atoms with van der Waals surface area (Å²) in [7, 11) is 0. The van der Waals surface area contributed by atoms with Gasteiger partial charge in [0.05, 0.1) is 6.04 Å². The van der Waals surface area contributed by atoms with E-state index in [9.17, 15) is 9.90 Å². The summed E-state index contributed by atoms with van der Waals surface area (Å²) < 4.78 is 5.49. The minimum Gasteiger partial charge on any atom is -0.491 e. The normalized spacial score (nSPS) is 14.0. The van der Waals surface area contributed by atoms with Crippen LogP contribution in [0.4, 0.5) is 0 Å². The number of carbonyl (C=O) groups excluding carboxylic acids is 1. The summed E-state index contributed by atoms with van der Waals surface area (Å²) in [4.78, 5) is 11.2. The van der Waals surface area contributed by atoms with E-state index >= 15 is 0 Å². The third-order valence-electron chi connectivity index (χ3n) is 3.12. The van der Waals surface area contributed by atoms with Gasteiger partial charge in [-0.25, -0.2) is 0 Å². The fraction of sp³-hybridized carbons (Fsp3) is 0.533. The molecule has 1 aromatic carbocycles. The third kappa shape index (κ3) is 5.91. The van der Waals surface area contributed by atoms with Crippen LogP contribution in [0.1, 0.15) is 19.4 Å². The van der Waals surface area contributed by atoms with Gasteiger partial charge in [0.15, 0.2) is 0 Å². The van der Waals surface area contributed by atoms with Gasteiger partial charge in [0.1, 0.15) is 18.5 Å². The fourth-order valence-electron chi connectivity index (χ4n) is 1.89. The predicted molar refractivity (Wildman–Crippen MR) is 83.5 cm³/mol. The van der Waals surface area contributed by atoms with Gasteiger partial charge < -0.3 is 20.9 Å². The topological polar surface area (TPSA) is 84.6 Å². The molecule has 0 aliphatic carbocycles. The summed E-state index contributed by atoms with van der Waals surface area (Å²) in [6, 6.07) is 4.84. The molecule has 0 radical (unpaired) electrons. The van der Waals surface area contributed by atoms with Crippen molar-refractivity contribution in [3.63, 3.8) is 0 Å². The Balaban J connectivity index is 2.41. The van der Waals surface area contributed by atoms with E-state index in [0.717, 1.165) is 5.56 Å². The molecule has 2 atom stereocenters. The first-order valence-corrected chi connectivity index (χ1v) is 7.28. The van der Waals surface area contributed by atoms with Crippen molar-refractivity contribution >= 4 is 17.5 Å². The molecule has 1 amide bonds. The lowest BCUT2D eigenvalue weighted by Gasteiger charge is -2.21. The number of halogens is 1. The average molecular weight is 315 g/mol. The zero-order valence-electron chi connectivity index (χ0n) is 12.6. The van der Waals surface area contributed by atoms with Gasteiger partial charge in [-0.2, -0.15) is 0 Å². The van der Waals surface area contributed by atoms with Gasteiger partial charge >= 0.3 is 0 Å². The first kappa shape index (κ1) is 17.8. The van der Waals surface area contributed by atoms with Gasteiger partial charge in [0, 0.05) is 11.6 Å². The Morgan fingerprint density at radius 3 is 2.67 bits per heavy atom. The van der Waals surface area contributed by atoms with Crippen LogP contribution in [0.3, 0.4) is 0 Å². The first-order chi connectivity index (χ1) is 9.81. The summed E-state index contributed by atoms with van der Waals surface area (Å²) in [6.07, 6.45) is -0.735. The van der Waals surface area contributed by atoms with Crippen molar-refractivity contribution < 1.29 is 14.6 Å². The van der Waals surface area contributed by atoms with Gasteiger partial charge in [0.25, 0.3) is 0 Å². The average Bonchev–Trinajstić information content (AvgIpc) is 2.39. The molecule has 0 aliphatic rings. The van der Waals surface area contributed by atoms with Crippen LogP contribution in [0.5, 0.6) is 5.75 Å². The standard InChI is InChI=1S/C15H23ClN2O3/c1-9(2)14(15(17)20)18-7-11(19)8-21-12-4-5-13(16)10(3)6-12/h4-6,9,11,14,18-19H,7-8H2,1-3H3,(H2,17,20). The van der Waals surface area contributed by atoms with E-state index in [1.807, 2.05) is 26.8 Å². The van der Waals surface area contributed by atoms with E-state index in [0.29, 0.717) is 10.8 Å². The highest BCUT2D eigenvalue weighted by molar-refractivity contribution is 6.31. The van der Waals surface area contributed by atoms with Crippen LogP contribution in [0.25, 0.3) is 0 Å². The summed E-state index contributed by atoms with van der Waals surface area (Å²) in [5.41, 5.74) is 6.21. The van der Waals surface area contributed by atoms with E-state index in [-0.39, 0.29) is 19.1 Å². The number of nitrogens with one attached hydrogen (secondary N) is 1. The van der Waals surface area contributed by atoms with Gasteiger partial charge in [0.2, 0.25) is 5.91 Å². The van der Waals surface area contributed by atoms with E-state index in [2.05, 4.69) is 5.32 Å². The van der Waals surface area contributed by atoms with Crippen molar-refractivity contribution in [1.82, 2.24) is 5.32 Å². The van der Waals surface area contributed by atoms with Crippen molar-refractivity contribution in [1.29, 1.82) is 0 Å². The zero-order valence-corrected chi connectivity index (χ0v) is 13.4. The molecule has 1 aromatic rings. The van der Waals surface area contributed by atoms with Gasteiger partial charge in [-0.15, -0.1) is 0 Å². The van der Waals surface area contributed by atoms with Crippen LogP contribution in [0.15, 0.2) is 18.2 Å². The van der Waals surface area contributed by atoms with E-state index in [4.69, 9.17) is 22.1 Å². The smallest absolute Gasteiger partial charge is 0.234 e.